The van der Waals surface area contributed by atoms with Crippen molar-refractivity contribution in [3.8, 4) is 0 Å². The van der Waals surface area contributed by atoms with Crippen LogP contribution in [0.1, 0.15) is 57.7 Å². The summed E-state index contributed by atoms with van der Waals surface area (Å²) < 4.78 is 66.0. The van der Waals surface area contributed by atoms with E-state index in [1.807, 2.05) is 0 Å². The maximum atomic E-state index is 13.0. The van der Waals surface area contributed by atoms with E-state index in [4.69, 9.17) is 5.73 Å². The normalized spacial score (nSPS) is 15.5. The first-order valence-corrected chi connectivity index (χ1v) is 10.6. The summed E-state index contributed by atoms with van der Waals surface area (Å²) in [6.45, 7) is 3.60. The van der Waals surface area contributed by atoms with Crippen molar-refractivity contribution in [3.63, 3.8) is 0 Å². The minimum atomic E-state index is -5.92. The Morgan fingerprint density at radius 3 is 2.34 bits per heavy atom. The molecule has 170 valence electrons. The fourth-order valence-electron chi connectivity index (χ4n) is 3.40. The highest BCUT2D eigenvalue weighted by atomic mass is 32.2. The number of hydrogen-bond acceptors (Lipinski definition) is 6. The summed E-state index contributed by atoms with van der Waals surface area (Å²) in [6, 6.07) is 7.99. The van der Waals surface area contributed by atoms with Gasteiger partial charge in [-0.3, -0.25) is 4.79 Å². The number of ketones is 1. The molecule has 3 rings (SSSR count). The van der Waals surface area contributed by atoms with Crippen molar-refractivity contribution in [2.24, 2.45) is 0 Å². The van der Waals surface area contributed by atoms with Crippen LogP contribution in [0.4, 0.5) is 18.9 Å². The summed E-state index contributed by atoms with van der Waals surface area (Å²) in [6.07, 6.45) is 1.42. The van der Waals surface area contributed by atoms with E-state index in [1.165, 1.54) is 42.5 Å². The van der Waals surface area contributed by atoms with E-state index in [2.05, 4.69) is 4.18 Å². The Balaban J connectivity index is 2.11. The number of nitrogen functional groups attached to an aromatic ring is 1. The lowest BCUT2D eigenvalue weighted by atomic mass is 9.74. The Bertz CT molecular complexity index is 1260. The van der Waals surface area contributed by atoms with Gasteiger partial charge in [0.2, 0.25) is 0 Å². The van der Waals surface area contributed by atoms with Crippen molar-refractivity contribution in [3.05, 3.63) is 70.3 Å². The van der Waals surface area contributed by atoms with E-state index in [9.17, 15) is 36.3 Å². The molecule has 32 heavy (non-hydrogen) atoms. The first-order valence-electron chi connectivity index (χ1n) is 9.18. The highest BCUT2D eigenvalue weighted by molar-refractivity contribution is 7.87. The zero-order valence-electron chi connectivity index (χ0n) is 16.9. The third-order valence-electron chi connectivity index (χ3n) is 5.14. The summed E-state index contributed by atoms with van der Waals surface area (Å²) in [5.41, 5.74) is -0.591. The molecule has 0 saturated heterocycles. The van der Waals surface area contributed by atoms with E-state index >= 15 is 0 Å². The number of anilines is 1. The van der Waals surface area contributed by atoms with Gasteiger partial charge < -0.3 is 15.0 Å². The Labute approximate surface area is 181 Å². The molecule has 2 aromatic carbocycles. The molecule has 0 spiro atoms. The SMILES string of the molecule is CC1(C)CC=C(OS(=O)(=O)C(F)(F)F)c2cc(C(=O)c3cccc(C(=O)O)c3N)ccc21. The van der Waals surface area contributed by atoms with Crippen LogP contribution in [0.2, 0.25) is 0 Å². The van der Waals surface area contributed by atoms with Crippen molar-refractivity contribution in [1.29, 1.82) is 0 Å². The van der Waals surface area contributed by atoms with Gasteiger partial charge in [0.15, 0.2) is 5.78 Å². The van der Waals surface area contributed by atoms with Gasteiger partial charge in [0.25, 0.3) is 0 Å². The first-order chi connectivity index (χ1) is 14.7. The Kier molecular flexibility index (Phi) is 5.58. The third kappa shape index (κ3) is 4.07. The molecular formula is C21H18F3NO6S. The van der Waals surface area contributed by atoms with Crippen LogP contribution >= 0.6 is 0 Å². The molecule has 1 aliphatic carbocycles. The van der Waals surface area contributed by atoms with Crippen LogP contribution in [0.3, 0.4) is 0 Å². The molecule has 0 fully saturated rings. The third-order valence-corrected chi connectivity index (χ3v) is 6.10. The average molecular weight is 469 g/mol. The number of benzene rings is 2. The highest BCUT2D eigenvalue weighted by Crippen LogP contribution is 2.42. The number of alkyl halides is 3. The number of carbonyl (C=O) groups excluding carboxylic acids is 1. The summed E-state index contributed by atoms with van der Waals surface area (Å²) in [5.74, 6) is -2.56. The van der Waals surface area contributed by atoms with Crippen LogP contribution in [-0.2, 0) is 19.7 Å². The quantitative estimate of drug-likeness (QED) is 0.293. The number of aromatic carboxylic acids is 1. The second-order valence-electron chi connectivity index (χ2n) is 7.80. The van der Waals surface area contributed by atoms with Gasteiger partial charge in [-0.15, -0.1) is 0 Å². The average Bonchev–Trinajstić information content (AvgIpc) is 2.68. The van der Waals surface area contributed by atoms with E-state index in [-0.39, 0.29) is 34.4 Å². The number of fused-ring (bicyclic) bond motifs is 1. The van der Waals surface area contributed by atoms with E-state index < -0.39 is 38.6 Å². The number of halogens is 3. The second kappa shape index (κ2) is 7.66. The van der Waals surface area contributed by atoms with Gasteiger partial charge in [0, 0.05) is 16.7 Å². The van der Waals surface area contributed by atoms with Crippen LogP contribution in [0.5, 0.6) is 0 Å². The standard InChI is InChI=1S/C21H18F3NO6S/c1-20(2)9-8-16(31-32(29,30)21(22,23)24)14-10-11(6-7-15(14)20)18(26)12-4-3-5-13(17(12)25)19(27)28/h3-8,10H,9,25H2,1-2H3,(H,27,28). The molecule has 0 aliphatic heterocycles. The maximum Gasteiger partial charge on any atom is 0.534 e. The number of carbonyl (C=O) groups is 2. The van der Waals surface area contributed by atoms with Crippen LogP contribution in [-0.4, -0.2) is 30.8 Å². The number of hydrogen-bond donors (Lipinski definition) is 2. The van der Waals surface area contributed by atoms with E-state index in [0.29, 0.717) is 5.56 Å². The maximum absolute atomic E-state index is 13.0. The molecule has 0 unspecified atom stereocenters. The summed E-state index contributed by atoms with van der Waals surface area (Å²) in [4.78, 5) is 24.3. The Morgan fingerprint density at radius 1 is 1.12 bits per heavy atom. The van der Waals surface area contributed by atoms with Crippen molar-refractivity contribution in [1.82, 2.24) is 0 Å². The Morgan fingerprint density at radius 2 is 1.75 bits per heavy atom. The van der Waals surface area contributed by atoms with Crippen LogP contribution in [0, 0.1) is 0 Å². The largest absolute Gasteiger partial charge is 0.534 e. The molecule has 2 aromatic rings. The number of nitrogens with two attached hydrogens (primary N) is 1. The number of para-hydroxylation sites is 1. The summed E-state index contributed by atoms with van der Waals surface area (Å²) in [5, 5.41) is 9.20. The lowest BCUT2D eigenvalue weighted by molar-refractivity contribution is -0.0509. The fourth-order valence-corrected chi connectivity index (χ4v) is 3.89. The number of allylic oxidation sites excluding steroid dienone is 1. The molecule has 0 aromatic heterocycles. The fraction of sp³-hybridized carbons (Fsp3) is 0.238. The molecule has 11 heteroatoms. The second-order valence-corrected chi connectivity index (χ2v) is 9.34. The van der Waals surface area contributed by atoms with Gasteiger partial charge >= 0.3 is 21.6 Å². The van der Waals surface area contributed by atoms with Crippen molar-refractivity contribution in [2.75, 3.05) is 5.73 Å². The molecule has 0 amide bonds. The minimum Gasteiger partial charge on any atom is -0.478 e. The summed E-state index contributed by atoms with van der Waals surface area (Å²) >= 11 is 0. The molecule has 3 N–H and O–H groups in total. The lowest BCUT2D eigenvalue weighted by Crippen LogP contribution is -2.28. The molecule has 0 heterocycles. The molecule has 0 atom stereocenters. The molecular weight excluding hydrogens is 451 g/mol. The van der Waals surface area contributed by atoms with E-state index in [0.717, 1.165) is 0 Å². The smallest absolute Gasteiger partial charge is 0.478 e. The van der Waals surface area contributed by atoms with E-state index in [1.54, 1.807) is 13.8 Å². The topological polar surface area (TPSA) is 124 Å². The highest BCUT2D eigenvalue weighted by Gasteiger charge is 2.49. The van der Waals surface area contributed by atoms with Crippen LogP contribution in [0.25, 0.3) is 5.76 Å². The van der Waals surface area contributed by atoms with Gasteiger partial charge in [-0.1, -0.05) is 32.0 Å². The zero-order valence-corrected chi connectivity index (χ0v) is 17.7. The Hall–Kier alpha value is -3.34. The first kappa shape index (κ1) is 23.3. The predicted octanol–water partition coefficient (Wildman–Crippen LogP) is 4.09. The van der Waals surface area contributed by atoms with Gasteiger partial charge in [-0.2, -0.15) is 21.6 Å². The molecule has 7 nitrogen and oxygen atoms in total. The van der Waals surface area contributed by atoms with Crippen molar-refractivity contribution in [2.45, 2.75) is 31.2 Å². The lowest BCUT2D eigenvalue weighted by Gasteiger charge is -2.31. The number of carboxylic acid groups (broad SMARTS) is 1. The molecule has 0 radical (unpaired) electrons. The number of rotatable bonds is 5. The zero-order chi connectivity index (χ0) is 24.1. The minimum absolute atomic E-state index is 0.00730. The van der Waals surface area contributed by atoms with Gasteiger partial charge in [-0.25, -0.2) is 4.79 Å². The van der Waals surface area contributed by atoms with Crippen molar-refractivity contribution >= 4 is 33.3 Å². The predicted molar refractivity (Wildman–Crippen MR) is 109 cm³/mol. The number of carboxylic acids is 1. The van der Waals surface area contributed by atoms with Gasteiger partial charge in [0.05, 0.1) is 11.3 Å². The monoisotopic (exact) mass is 469 g/mol. The molecule has 1 aliphatic rings. The van der Waals surface area contributed by atoms with Crippen molar-refractivity contribution < 1.29 is 40.5 Å². The van der Waals surface area contributed by atoms with Gasteiger partial charge in [-0.05, 0) is 41.7 Å². The molecule has 0 bridgehead atoms. The van der Waals surface area contributed by atoms with Crippen LogP contribution < -0.4 is 5.73 Å². The van der Waals surface area contributed by atoms with Gasteiger partial charge in [0.1, 0.15) is 5.76 Å². The molecule has 0 saturated carbocycles. The van der Waals surface area contributed by atoms with Crippen LogP contribution in [0.15, 0.2) is 42.5 Å². The summed E-state index contributed by atoms with van der Waals surface area (Å²) in [7, 11) is -5.92.